The minimum atomic E-state index is -0.306. The van der Waals surface area contributed by atoms with Crippen LogP contribution in [0.5, 0.6) is 0 Å². The Labute approximate surface area is 294 Å². The van der Waals surface area contributed by atoms with E-state index in [1.165, 1.54) is 22.3 Å². The van der Waals surface area contributed by atoms with Gasteiger partial charge in [-0.1, -0.05) is 133 Å². The van der Waals surface area contributed by atoms with E-state index < -0.39 is 0 Å². The molecule has 2 aliphatic rings. The Balaban J connectivity index is 0.968. The van der Waals surface area contributed by atoms with Crippen molar-refractivity contribution in [1.29, 1.82) is 0 Å². The average Bonchev–Trinajstić information content (AvgIpc) is 4.09. The number of hydrogen-bond donors (Lipinski definition) is 2. The van der Waals surface area contributed by atoms with Crippen molar-refractivity contribution < 1.29 is 9.59 Å². The van der Waals surface area contributed by atoms with Gasteiger partial charge in [0.05, 0.1) is 11.8 Å². The third kappa shape index (κ3) is 5.51. The molecule has 2 amide bonds. The van der Waals surface area contributed by atoms with Gasteiger partial charge >= 0.3 is 0 Å². The van der Waals surface area contributed by atoms with E-state index in [9.17, 15) is 9.59 Å². The molecule has 0 spiro atoms. The molecule has 0 bridgehead atoms. The fourth-order valence-corrected chi connectivity index (χ4v) is 8.12. The lowest BCUT2D eigenvalue weighted by atomic mass is 9.85. The molecule has 0 unspecified atom stereocenters. The van der Waals surface area contributed by atoms with Crippen molar-refractivity contribution >= 4 is 23.2 Å². The van der Waals surface area contributed by atoms with Gasteiger partial charge in [-0.2, -0.15) is 0 Å². The van der Waals surface area contributed by atoms with Gasteiger partial charge in [-0.05, 0) is 95.5 Å². The summed E-state index contributed by atoms with van der Waals surface area (Å²) in [5.41, 5.74) is 9.88. The molecule has 0 aromatic heterocycles. The molecule has 246 valence electrons. The summed E-state index contributed by atoms with van der Waals surface area (Å²) >= 11 is 0. The predicted octanol–water partition coefficient (Wildman–Crippen LogP) is 9.86. The van der Waals surface area contributed by atoms with Gasteiger partial charge in [-0.15, -0.1) is 0 Å². The van der Waals surface area contributed by atoms with Crippen LogP contribution in [0, 0.1) is 25.7 Å². The van der Waals surface area contributed by atoms with Crippen molar-refractivity contribution in [3.63, 3.8) is 0 Å². The number of anilines is 2. The number of carbonyl (C=O) groups is 2. The molecule has 6 aromatic rings. The number of hydrogen-bond acceptors (Lipinski definition) is 2. The zero-order valence-electron chi connectivity index (χ0n) is 28.4. The monoisotopic (exact) mass is 652 g/mol. The second kappa shape index (κ2) is 12.6. The Morgan fingerprint density at radius 3 is 1.04 bits per heavy atom. The van der Waals surface area contributed by atoms with Crippen LogP contribution in [0.25, 0.3) is 11.1 Å². The van der Waals surface area contributed by atoms with Crippen LogP contribution in [-0.4, -0.2) is 11.8 Å². The molecule has 0 saturated heterocycles. The van der Waals surface area contributed by atoms with Gasteiger partial charge in [0.2, 0.25) is 11.8 Å². The summed E-state index contributed by atoms with van der Waals surface area (Å²) in [5.74, 6) is -0.191. The number of aryl methyl sites for hydroxylation is 2. The topological polar surface area (TPSA) is 58.2 Å². The van der Waals surface area contributed by atoms with Gasteiger partial charge in [-0.25, -0.2) is 0 Å². The van der Waals surface area contributed by atoms with Crippen molar-refractivity contribution in [1.82, 2.24) is 0 Å². The third-order valence-electron chi connectivity index (χ3n) is 11.0. The van der Waals surface area contributed by atoms with Crippen molar-refractivity contribution in [2.24, 2.45) is 11.8 Å². The highest BCUT2D eigenvalue weighted by atomic mass is 16.2. The molecule has 0 radical (unpaired) electrons. The van der Waals surface area contributed by atoms with Crippen LogP contribution in [0.15, 0.2) is 158 Å². The number of nitrogens with one attached hydrogen (secondary N) is 2. The molecule has 2 aliphatic carbocycles. The summed E-state index contributed by atoms with van der Waals surface area (Å²) in [5, 5.41) is 6.49. The highest BCUT2D eigenvalue weighted by Crippen LogP contribution is 2.60. The maximum Gasteiger partial charge on any atom is 0.228 e. The van der Waals surface area contributed by atoms with Gasteiger partial charge in [0, 0.05) is 22.2 Å². The highest BCUT2D eigenvalue weighted by molar-refractivity contribution is 5.99. The largest absolute Gasteiger partial charge is 0.326 e. The molecule has 2 N–H and O–H groups in total. The summed E-state index contributed by atoms with van der Waals surface area (Å²) < 4.78 is 0. The van der Waals surface area contributed by atoms with Gasteiger partial charge in [0.25, 0.3) is 0 Å². The van der Waals surface area contributed by atoms with Crippen LogP contribution in [0.1, 0.15) is 46.2 Å². The van der Waals surface area contributed by atoms with Crippen LogP contribution in [-0.2, 0) is 20.4 Å². The first-order chi connectivity index (χ1) is 24.4. The lowest BCUT2D eigenvalue weighted by molar-refractivity contribution is -0.118. The summed E-state index contributed by atoms with van der Waals surface area (Å²) in [4.78, 5) is 27.4. The van der Waals surface area contributed by atoms with Crippen LogP contribution in [0.4, 0.5) is 11.4 Å². The molecule has 4 heteroatoms. The first kappa shape index (κ1) is 31.5. The molecular formula is C46H40N2O2. The Bertz CT molecular complexity index is 1940. The van der Waals surface area contributed by atoms with Crippen molar-refractivity contribution in [2.75, 3.05) is 10.6 Å². The van der Waals surface area contributed by atoms with Crippen molar-refractivity contribution in [2.45, 2.75) is 37.5 Å². The summed E-state index contributed by atoms with van der Waals surface area (Å²) in [7, 11) is 0. The first-order valence-corrected chi connectivity index (χ1v) is 17.5. The minimum absolute atomic E-state index is 0.0451. The maximum atomic E-state index is 13.7. The number of amides is 2. The standard InChI is InChI=1S/C46H40N2O2/c1-31-27-33(23-25-41(31)47-43(49)39-29-45(39,35-15-7-3-8-16-35)36-17-9-4-10-18-36)34-24-26-42(32(2)28-34)48-44(50)40-30-46(40,37-19-11-5-12-20-37)38-21-13-6-14-22-38/h3-28,39-40H,29-30H2,1-2H3,(H,47,49)(H,48,50)/t39-,40+. The number of carbonyl (C=O) groups excluding carboxylic acids is 2. The van der Waals surface area contributed by atoms with Crippen molar-refractivity contribution in [3.8, 4) is 11.1 Å². The quantitative estimate of drug-likeness (QED) is 0.163. The smallest absolute Gasteiger partial charge is 0.228 e. The normalized spacial score (nSPS) is 18.1. The van der Waals surface area contributed by atoms with Gasteiger partial charge in [0.15, 0.2) is 0 Å². The van der Waals surface area contributed by atoms with Crippen LogP contribution >= 0.6 is 0 Å². The lowest BCUT2D eigenvalue weighted by Crippen LogP contribution is -2.22. The molecule has 4 nitrogen and oxygen atoms in total. The van der Waals surface area contributed by atoms with E-state index in [0.717, 1.165) is 46.5 Å². The van der Waals surface area contributed by atoms with E-state index in [-0.39, 0.29) is 34.5 Å². The minimum Gasteiger partial charge on any atom is -0.326 e. The molecule has 0 heterocycles. The van der Waals surface area contributed by atoms with Crippen LogP contribution in [0.3, 0.4) is 0 Å². The molecular weight excluding hydrogens is 613 g/mol. The SMILES string of the molecule is Cc1cc(-c2ccc(NC(=O)[C@@H]3CC3(c3ccccc3)c3ccccc3)c(C)c2)ccc1NC(=O)[C@H]1CC1(c1ccccc1)c1ccccc1. The number of benzene rings is 6. The summed E-state index contributed by atoms with van der Waals surface area (Å²) in [6.07, 6.45) is 1.57. The van der Waals surface area contributed by atoms with E-state index in [4.69, 9.17) is 0 Å². The number of rotatable bonds is 9. The third-order valence-corrected chi connectivity index (χ3v) is 11.0. The summed E-state index contributed by atoms with van der Waals surface area (Å²) in [6, 6.07) is 53.9. The molecule has 0 aliphatic heterocycles. The maximum absolute atomic E-state index is 13.7. The van der Waals surface area contributed by atoms with Gasteiger partial charge < -0.3 is 10.6 Å². The Morgan fingerprint density at radius 2 is 0.760 bits per heavy atom. The molecule has 6 aromatic carbocycles. The van der Waals surface area contributed by atoms with E-state index in [2.05, 4.69) is 83.4 Å². The van der Waals surface area contributed by atoms with Crippen LogP contribution < -0.4 is 10.6 Å². The fourth-order valence-electron chi connectivity index (χ4n) is 8.12. The predicted molar refractivity (Wildman–Crippen MR) is 202 cm³/mol. The molecule has 50 heavy (non-hydrogen) atoms. The fraction of sp³-hybridized carbons (Fsp3) is 0.174. The molecule has 8 rings (SSSR count). The van der Waals surface area contributed by atoms with Gasteiger partial charge in [-0.3, -0.25) is 9.59 Å². The van der Waals surface area contributed by atoms with E-state index in [0.29, 0.717) is 0 Å². The Morgan fingerprint density at radius 1 is 0.460 bits per heavy atom. The van der Waals surface area contributed by atoms with Crippen molar-refractivity contribution in [3.05, 3.63) is 191 Å². The lowest BCUT2D eigenvalue weighted by Gasteiger charge is -2.19. The second-order valence-electron chi connectivity index (χ2n) is 14.0. The second-order valence-corrected chi connectivity index (χ2v) is 14.0. The molecule has 2 atom stereocenters. The van der Waals surface area contributed by atoms with E-state index in [1.807, 2.05) is 98.8 Å². The molecule has 2 saturated carbocycles. The zero-order chi connectivity index (χ0) is 34.3. The average molecular weight is 653 g/mol. The zero-order valence-corrected chi connectivity index (χ0v) is 28.4. The first-order valence-electron chi connectivity index (χ1n) is 17.5. The Hall–Kier alpha value is -5.74. The van der Waals surface area contributed by atoms with E-state index in [1.54, 1.807) is 0 Å². The Kier molecular flexibility index (Phi) is 7.95. The molecule has 2 fully saturated rings. The van der Waals surface area contributed by atoms with Gasteiger partial charge in [0.1, 0.15) is 0 Å². The van der Waals surface area contributed by atoms with Crippen LogP contribution in [0.2, 0.25) is 0 Å². The highest BCUT2D eigenvalue weighted by Gasteiger charge is 2.61. The van der Waals surface area contributed by atoms with E-state index >= 15 is 0 Å². The summed E-state index contributed by atoms with van der Waals surface area (Å²) in [6.45, 7) is 4.08.